The van der Waals surface area contributed by atoms with Crippen LogP contribution in [-0.4, -0.2) is 42.5 Å². The topological polar surface area (TPSA) is 58.6 Å². The molecule has 2 rings (SSSR count). The number of hydrogen-bond donors (Lipinski definition) is 1. The highest BCUT2D eigenvalue weighted by atomic mass is 19.1. The molecule has 2 amide bonds. The Morgan fingerprint density at radius 1 is 1.30 bits per heavy atom. The van der Waals surface area contributed by atoms with Gasteiger partial charge in [0, 0.05) is 13.7 Å². The first kappa shape index (κ1) is 14.5. The van der Waals surface area contributed by atoms with E-state index >= 15 is 0 Å². The minimum absolute atomic E-state index is 0.130. The van der Waals surface area contributed by atoms with Crippen LogP contribution >= 0.6 is 0 Å². The third-order valence-corrected chi connectivity index (χ3v) is 3.28. The van der Waals surface area contributed by atoms with Crippen LogP contribution < -0.4 is 5.32 Å². The molecule has 0 bridgehead atoms. The number of ether oxygens (including phenoxy) is 1. The molecule has 1 saturated heterocycles. The van der Waals surface area contributed by atoms with Crippen LogP contribution in [0.25, 0.3) is 0 Å². The van der Waals surface area contributed by atoms with E-state index in [1.807, 2.05) is 0 Å². The van der Waals surface area contributed by atoms with E-state index in [0.29, 0.717) is 0 Å². The number of rotatable bonds is 4. The van der Waals surface area contributed by atoms with Crippen molar-refractivity contribution in [3.8, 4) is 0 Å². The number of carbonyl (C=O) groups is 2. The molecule has 1 fully saturated rings. The summed E-state index contributed by atoms with van der Waals surface area (Å²) in [6, 6.07) is 4.65. The van der Waals surface area contributed by atoms with Crippen molar-refractivity contribution in [2.75, 3.05) is 13.7 Å². The van der Waals surface area contributed by atoms with E-state index in [4.69, 9.17) is 4.74 Å². The number of halogens is 1. The van der Waals surface area contributed by atoms with Gasteiger partial charge in [-0.05, 0) is 24.6 Å². The minimum Gasteiger partial charge on any atom is -0.382 e. The van der Waals surface area contributed by atoms with Gasteiger partial charge in [-0.2, -0.15) is 0 Å². The summed E-state index contributed by atoms with van der Waals surface area (Å²) in [4.78, 5) is 25.6. The molecular formula is C14H17FN2O3. The van der Waals surface area contributed by atoms with Gasteiger partial charge in [-0.3, -0.25) is 9.59 Å². The van der Waals surface area contributed by atoms with Gasteiger partial charge in [0.2, 0.25) is 11.8 Å². The number of piperazine rings is 1. The molecular weight excluding hydrogens is 263 g/mol. The molecule has 108 valence electrons. The molecule has 1 N–H and O–H groups in total. The van der Waals surface area contributed by atoms with Crippen molar-refractivity contribution >= 4 is 11.8 Å². The van der Waals surface area contributed by atoms with Gasteiger partial charge in [0.25, 0.3) is 0 Å². The number of nitrogens with zero attached hydrogens (tertiary/aromatic N) is 1. The molecule has 0 aliphatic carbocycles. The highest BCUT2D eigenvalue weighted by Gasteiger charge is 2.38. The average molecular weight is 280 g/mol. The molecule has 0 spiro atoms. The largest absolute Gasteiger partial charge is 0.382 e. The van der Waals surface area contributed by atoms with Crippen LogP contribution in [0.1, 0.15) is 12.5 Å². The molecule has 0 aromatic heterocycles. The van der Waals surface area contributed by atoms with Crippen molar-refractivity contribution in [3.63, 3.8) is 0 Å². The zero-order chi connectivity index (χ0) is 14.7. The number of amides is 2. The van der Waals surface area contributed by atoms with Crippen molar-refractivity contribution < 1.29 is 18.7 Å². The number of benzene rings is 1. The second-order valence-corrected chi connectivity index (χ2v) is 4.79. The molecule has 1 aliphatic rings. The molecule has 20 heavy (non-hydrogen) atoms. The van der Waals surface area contributed by atoms with Gasteiger partial charge >= 0.3 is 0 Å². The van der Waals surface area contributed by atoms with E-state index in [1.54, 1.807) is 19.1 Å². The molecule has 1 aromatic carbocycles. The standard InChI is InChI=1S/C14H17FN2O3/c1-9-14(19)17(12(8-20-2)13(18)16-9)7-10-3-5-11(15)6-4-10/h3-6,9,12H,7-8H2,1-2H3,(H,16,18)/t9-,12-/m0/s1. The van der Waals surface area contributed by atoms with Gasteiger partial charge in [0.1, 0.15) is 17.9 Å². The molecule has 6 heteroatoms. The Labute approximate surface area is 116 Å². The third-order valence-electron chi connectivity index (χ3n) is 3.28. The molecule has 1 aliphatic heterocycles. The lowest BCUT2D eigenvalue weighted by molar-refractivity contribution is -0.151. The first-order valence-electron chi connectivity index (χ1n) is 6.37. The summed E-state index contributed by atoms with van der Waals surface area (Å²) in [6.45, 7) is 2.03. The first-order chi connectivity index (χ1) is 9.52. The van der Waals surface area contributed by atoms with Gasteiger partial charge in [0.15, 0.2) is 0 Å². The minimum atomic E-state index is -0.659. The van der Waals surface area contributed by atoms with E-state index in [9.17, 15) is 14.0 Å². The van der Waals surface area contributed by atoms with Crippen molar-refractivity contribution in [1.82, 2.24) is 10.2 Å². The SMILES string of the molecule is COC[C@H]1C(=O)N[C@@H](C)C(=O)N1Cc1ccc(F)cc1. The zero-order valence-electron chi connectivity index (χ0n) is 11.4. The zero-order valence-corrected chi connectivity index (χ0v) is 11.4. The predicted molar refractivity (Wildman–Crippen MR) is 70.2 cm³/mol. The fourth-order valence-electron chi connectivity index (χ4n) is 2.21. The van der Waals surface area contributed by atoms with Crippen molar-refractivity contribution in [2.45, 2.75) is 25.6 Å². The first-order valence-corrected chi connectivity index (χ1v) is 6.37. The number of carbonyl (C=O) groups excluding carboxylic acids is 2. The summed E-state index contributed by atoms with van der Waals surface area (Å²) in [7, 11) is 1.48. The van der Waals surface area contributed by atoms with Crippen LogP contribution in [0.15, 0.2) is 24.3 Å². The van der Waals surface area contributed by atoms with E-state index in [0.717, 1.165) is 5.56 Å². The number of nitrogens with one attached hydrogen (secondary N) is 1. The lowest BCUT2D eigenvalue weighted by Crippen LogP contribution is -2.63. The van der Waals surface area contributed by atoms with Crippen LogP contribution in [0, 0.1) is 5.82 Å². The van der Waals surface area contributed by atoms with E-state index in [2.05, 4.69) is 5.32 Å². The molecule has 5 nitrogen and oxygen atoms in total. The third kappa shape index (κ3) is 2.96. The van der Waals surface area contributed by atoms with Gasteiger partial charge < -0.3 is 15.0 Å². The Kier molecular flexibility index (Phi) is 4.34. The summed E-state index contributed by atoms with van der Waals surface area (Å²) >= 11 is 0. The summed E-state index contributed by atoms with van der Waals surface area (Å²) in [5.74, 6) is -0.740. The van der Waals surface area contributed by atoms with Crippen LogP contribution in [-0.2, 0) is 20.9 Å². The van der Waals surface area contributed by atoms with Crippen LogP contribution in [0.4, 0.5) is 4.39 Å². The Morgan fingerprint density at radius 2 is 1.95 bits per heavy atom. The van der Waals surface area contributed by atoms with Crippen molar-refractivity contribution in [3.05, 3.63) is 35.6 Å². The summed E-state index contributed by atoms with van der Waals surface area (Å²) in [6.07, 6.45) is 0. The maximum atomic E-state index is 12.9. The molecule has 0 radical (unpaired) electrons. The quantitative estimate of drug-likeness (QED) is 0.882. The fourth-order valence-corrected chi connectivity index (χ4v) is 2.21. The van der Waals surface area contributed by atoms with E-state index in [1.165, 1.54) is 24.1 Å². The van der Waals surface area contributed by atoms with Gasteiger partial charge in [-0.1, -0.05) is 12.1 Å². The van der Waals surface area contributed by atoms with Crippen LogP contribution in [0.2, 0.25) is 0 Å². The Bertz CT molecular complexity index is 504. The smallest absolute Gasteiger partial charge is 0.245 e. The average Bonchev–Trinajstić information content (AvgIpc) is 2.42. The highest BCUT2D eigenvalue weighted by Crippen LogP contribution is 2.15. The van der Waals surface area contributed by atoms with E-state index < -0.39 is 12.1 Å². The lowest BCUT2D eigenvalue weighted by atomic mass is 10.1. The molecule has 1 aromatic rings. The monoisotopic (exact) mass is 280 g/mol. The summed E-state index contributed by atoms with van der Waals surface area (Å²) in [5, 5.41) is 2.62. The maximum absolute atomic E-state index is 12.9. The van der Waals surface area contributed by atoms with Crippen molar-refractivity contribution in [2.24, 2.45) is 0 Å². The Balaban J connectivity index is 2.21. The summed E-state index contributed by atoms with van der Waals surface area (Å²) < 4.78 is 17.9. The fraction of sp³-hybridized carbons (Fsp3) is 0.429. The number of hydrogen-bond acceptors (Lipinski definition) is 3. The molecule has 0 unspecified atom stereocenters. The lowest BCUT2D eigenvalue weighted by Gasteiger charge is -2.37. The van der Waals surface area contributed by atoms with Gasteiger partial charge in [0.05, 0.1) is 6.61 Å². The molecule has 0 saturated carbocycles. The molecule has 2 atom stereocenters. The number of methoxy groups -OCH3 is 1. The Morgan fingerprint density at radius 3 is 2.55 bits per heavy atom. The maximum Gasteiger partial charge on any atom is 0.245 e. The van der Waals surface area contributed by atoms with Gasteiger partial charge in [-0.25, -0.2) is 4.39 Å². The predicted octanol–water partition coefficient (Wildman–Crippen LogP) is 0.688. The van der Waals surface area contributed by atoms with Crippen molar-refractivity contribution in [1.29, 1.82) is 0 Å². The molecule has 1 heterocycles. The summed E-state index contributed by atoms with van der Waals surface area (Å²) in [5.41, 5.74) is 0.766. The second-order valence-electron chi connectivity index (χ2n) is 4.79. The highest BCUT2D eigenvalue weighted by molar-refractivity contribution is 5.96. The van der Waals surface area contributed by atoms with E-state index in [-0.39, 0.29) is 30.8 Å². The van der Waals surface area contributed by atoms with Gasteiger partial charge in [-0.15, -0.1) is 0 Å². The van der Waals surface area contributed by atoms with Crippen LogP contribution in [0.5, 0.6) is 0 Å². The van der Waals surface area contributed by atoms with Crippen LogP contribution in [0.3, 0.4) is 0 Å². The Hall–Kier alpha value is -1.95. The normalized spacial score (nSPS) is 22.9. The second kappa shape index (κ2) is 6.00.